The van der Waals surface area contributed by atoms with E-state index in [1.54, 1.807) is 20.3 Å². The number of aromatic nitrogens is 2. The summed E-state index contributed by atoms with van der Waals surface area (Å²) < 4.78 is 16.4. The van der Waals surface area contributed by atoms with E-state index in [4.69, 9.17) is 19.2 Å². The van der Waals surface area contributed by atoms with Crippen LogP contribution in [0.2, 0.25) is 0 Å². The lowest BCUT2D eigenvalue weighted by Crippen LogP contribution is -2.07. The zero-order valence-corrected chi connectivity index (χ0v) is 20.0. The second-order valence-corrected chi connectivity index (χ2v) is 8.59. The van der Waals surface area contributed by atoms with Crippen molar-refractivity contribution in [3.8, 4) is 33.3 Å². The minimum absolute atomic E-state index is 0.0878. The average molecular weight is 483 g/mol. The number of fused-ring (bicyclic) bond motifs is 1. The average Bonchev–Trinajstić information content (AvgIpc) is 3.40. The number of para-hydroxylation sites is 1. The fourth-order valence-electron chi connectivity index (χ4n) is 3.79. The smallest absolute Gasteiger partial charge is 0.339 e. The van der Waals surface area contributed by atoms with Crippen molar-refractivity contribution in [2.24, 2.45) is 0 Å². The van der Waals surface area contributed by atoms with E-state index in [9.17, 15) is 4.79 Å². The Morgan fingerprint density at radius 2 is 1.60 bits per heavy atom. The number of nitrogens with zero attached hydrogens (tertiary/aromatic N) is 2. The molecule has 3 aromatic carbocycles. The Morgan fingerprint density at radius 1 is 0.829 bits per heavy atom. The highest BCUT2D eigenvalue weighted by Gasteiger charge is 2.17. The molecule has 0 N–H and O–H groups in total. The molecule has 0 amide bonds. The Hall–Kier alpha value is -4.23. The zero-order chi connectivity index (χ0) is 24.2. The number of hydrogen-bond donors (Lipinski definition) is 0. The molecular formula is C28H22N2O4S. The van der Waals surface area contributed by atoms with Crippen LogP contribution in [-0.2, 0) is 11.3 Å². The predicted octanol–water partition coefficient (Wildman–Crippen LogP) is 6.40. The van der Waals surface area contributed by atoms with E-state index in [-0.39, 0.29) is 6.61 Å². The minimum atomic E-state index is -0.431. The maximum Gasteiger partial charge on any atom is 0.339 e. The molecule has 0 fully saturated rings. The number of carbonyl (C=O) groups is 1. The molecule has 6 nitrogen and oxygen atoms in total. The summed E-state index contributed by atoms with van der Waals surface area (Å²) in [6.45, 7) is 0.0878. The molecule has 0 aliphatic rings. The first-order chi connectivity index (χ1) is 17.2. The number of carbonyl (C=O) groups excluding carboxylic acids is 1. The third-order valence-electron chi connectivity index (χ3n) is 5.54. The summed E-state index contributed by atoms with van der Waals surface area (Å²) in [4.78, 5) is 22.6. The van der Waals surface area contributed by atoms with Gasteiger partial charge in [0.1, 0.15) is 11.6 Å². The second-order valence-electron chi connectivity index (χ2n) is 7.73. The predicted molar refractivity (Wildman–Crippen MR) is 137 cm³/mol. The Kier molecular flexibility index (Phi) is 6.41. The SMILES string of the molecule is COc1ccc(-c2cc(C(=O)OCc3csc(-c4ccccc4)n3)c3ccccc3n2)cc1OC. The lowest BCUT2D eigenvalue weighted by atomic mass is 10.0. The molecule has 7 heteroatoms. The number of methoxy groups -OCH3 is 2. The van der Waals surface area contributed by atoms with Crippen molar-refractivity contribution in [2.75, 3.05) is 14.2 Å². The molecule has 0 saturated heterocycles. The fraction of sp³-hybridized carbons (Fsp3) is 0.107. The van der Waals surface area contributed by atoms with Gasteiger partial charge in [-0.1, -0.05) is 48.5 Å². The molecule has 2 heterocycles. The van der Waals surface area contributed by atoms with Crippen LogP contribution in [0, 0.1) is 0 Å². The molecule has 174 valence electrons. The van der Waals surface area contributed by atoms with Crippen LogP contribution in [0.4, 0.5) is 0 Å². The topological polar surface area (TPSA) is 70.5 Å². The first kappa shape index (κ1) is 22.6. The molecule has 5 rings (SSSR count). The van der Waals surface area contributed by atoms with Crippen molar-refractivity contribution in [1.29, 1.82) is 0 Å². The van der Waals surface area contributed by atoms with Crippen molar-refractivity contribution in [3.05, 3.63) is 95.5 Å². The number of thiazole rings is 1. The minimum Gasteiger partial charge on any atom is -0.493 e. The summed E-state index contributed by atoms with van der Waals surface area (Å²) in [7, 11) is 3.17. The van der Waals surface area contributed by atoms with Gasteiger partial charge in [0, 0.05) is 21.9 Å². The molecule has 0 aliphatic heterocycles. The highest BCUT2D eigenvalue weighted by molar-refractivity contribution is 7.13. The quantitative estimate of drug-likeness (QED) is 0.250. The molecule has 0 radical (unpaired) electrons. The van der Waals surface area contributed by atoms with Gasteiger partial charge in [0.2, 0.25) is 0 Å². The third kappa shape index (κ3) is 4.72. The van der Waals surface area contributed by atoms with E-state index < -0.39 is 5.97 Å². The number of hydrogen-bond acceptors (Lipinski definition) is 7. The van der Waals surface area contributed by atoms with E-state index in [2.05, 4.69) is 4.98 Å². The van der Waals surface area contributed by atoms with Crippen molar-refractivity contribution >= 4 is 28.2 Å². The number of ether oxygens (including phenoxy) is 3. The summed E-state index contributed by atoms with van der Waals surface area (Å²) in [6.07, 6.45) is 0. The number of benzene rings is 3. The molecule has 5 aromatic rings. The summed E-state index contributed by atoms with van der Waals surface area (Å²) in [5.74, 6) is 0.774. The van der Waals surface area contributed by atoms with Crippen molar-refractivity contribution in [2.45, 2.75) is 6.61 Å². The van der Waals surface area contributed by atoms with Crippen LogP contribution >= 0.6 is 11.3 Å². The van der Waals surface area contributed by atoms with Crippen molar-refractivity contribution < 1.29 is 19.0 Å². The van der Waals surface area contributed by atoms with Gasteiger partial charge in [-0.3, -0.25) is 0 Å². The van der Waals surface area contributed by atoms with Gasteiger partial charge in [0.05, 0.1) is 36.7 Å². The molecule has 2 aromatic heterocycles. The van der Waals surface area contributed by atoms with Crippen LogP contribution < -0.4 is 9.47 Å². The summed E-state index contributed by atoms with van der Waals surface area (Å²) in [6, 6.07) is 24.7. The third-order valence-corrected chi connectivity index (χ3v) is 6.48. The Labute approximate surface area is 206 Å². The van der Waals surface area contributed by atoms with Crippen LogP contribution in [0.1, 0.15) is 16.1 Å². The van der Waals surface area contributed by atoms with E-state index in [0.29, 0.717) is 34.0 Å². The van der Waals surface area contributed by atoms with E-state index in [0.717, 1.165) is 21.5 Å². The van der Waals surface area contributed by atoms with Gasteiger partial charge in [0.25, 0.3) is 0 Å². The molecular weight excluding hydrogens is 460 g/mol. The van der Waals surface area contributed by atoms with Gasteiger partial charge in [-0.25, -0.2) is 14.8 Å². The Bertz CT molecular complexity index is 1500. The van der Waals surface area contributed by atoms with E-state index >= 15 is 0 Å². The van der Waals surface area contributed by atoms with Crippen LogP contribution in [0.3, 0.4) is 0 Å². The summed E-state index contributed by atoms with van der Waals surface area (Å²) >= 11 is 1.52. The van der Waals surface area contributed by atoms with Gasteiger partial charge in [-0.15, -0.1) is 11.3 Å². The van der Waals surface area contributed by atoms with E-state index in [1.165, 1.54) is 11.3 Å². The first-order valence-corrected chi connectivity index (χ1v) is 11.8. The molecule has 0 spiro atoms. The van der Waals surface area contributed by atoms with Crippen LogP contribution in [-0.4, -0.2) is 30.2 Å². The van der Waals surface area contributed by atoms with Crippen LogP contribution in [0.25, 0.3) is 32.7 Å². The number of esters is 1. The normalized spacial score (nSPS) is 10.8. The van der Waals surface area contributed by atoms with Gasteiger partial charge in [0.15, 0.2) is 11.5 Å². The maximum atomic E-state index is 13.2. The zero-order valence-electron chi connectivity index (χ0n) is 19.2. The highest BCUT2D eigenvalue weighted by Crippen LogP contribution is 2.33. The fourth-order valence-corrected chi connectivity index (χ4v) is 4.60. The van der Waals surface area contributed by atoms with Crippen LogP contribution in [0.5, 0.6) is 11.5 Å². The first-order valence-electron chi connectivity index (χ1n) is 11.0. The summed E-state index contributed by atoms with van der Waals surface area (Å²) in [5, 5.41) is 3.53. The second kappa shape index (κ2) is 9.95. The number of pyridine rings is 1. The van der Waals surface area contributed by atoms with E-state index in [1.807, 2.05) is 78.2 Å². The van der Waals surface area contributed by atoms with Crippen LogP contribution in [0.15, 0.2) is 84.2 Å². The molecule has 0 saturated carbocycles. The van der Waals surface area contributed by atoms with Crippen molar-refractivity contribution in [3.63, 3.8) is 0 Å². The standard InChI is InChI=1S/C28H22N2O4S/c1-32-25-13-12-19(14-26(25)33-2)24-15-22(21-10-6-7-11-23(21)30-24)28(31)34-16-20-17-35-27(29-20)18-8-4-3-5-9-18/h3-15,17H,16H2,1-2H3. The van der Waals surface area contributed by atoms with Gasteiger partial charge >= 0.3 is 5.97 Å². The Balaban J connectivity index is 1.44. The molecule has 0 unspecified atom stereocenters. The van der Waals surface area contributed by atoms with Gasteiger partial charge in [-0.2, -0.15) is 0 Å². The molecule has 0 aliphatic carbocycles. The monoisotopic (exact) mass is 482 g/mol. The lowest BCUT2D eigenvalue weighted by Gasteiger charge is -2.12. The van der Waals surface area contributed by atoms with Crippen molar-refractivity contribution in [1.82, 2.24) is 9.97 Å². The van der Waals surface area contributed by atoms with Gasteiger partial charge in [-0.05, 0) is 30.3 Å². The summed E-state index contributed by atoms with van der Waals surface area (Å²) in [5.41, 5.74) is 4.33. The molecule has 35 heavy (non-hydrogen) atoms. The molecule has 0 bridgehead atoms. The largest absolute Gasteiger partial charge is 0.493 e. The lowest BCUT2D eigenvalue weighted by molar-refractivity contribution is 0.0471. The Morgan fingerprint density at radius 3 is 2.40 bits per heavy atom. The maximum absolute atomic E-state index is 13.2. The number of rotatable bonds is 7. The highest BCUT2D eigenvalue weighted by atomic mass is 32.1. The molecule has 0 atom stereocenters. The van der Waals surface area contributed by atoms with Gasteiger partial charge < -0.3 is 14.2 Å².